The van der Waals surface area contributed by atoms with Crippen molar-refractivity contribution in [1.82, 2.24) is 10.3 Å². The van der Waals surface area contributed by atoms with E-state index in [1.807, 2.05) is 6.20 Å². The summed E-state index contributed by atoms with van der Waals surface area (Å²) >= 11 is 6.29. The molecule has 18 heavy (non-hydrogen) atoms. The highest BCUT2D eigenvalue weighted by Gasteiger charge is 2.20. The van der Waals surface area contributed by atoms with E-state index < -0.39 is 0 Å². The monoisotopic (exact) mass is 268 g/mol. The van der Waals surface area contributed by atoms with Crippen molar-refractivity contribution < 1.29 is 0 Å². The Hall–Kier alpha value is -1.00. The molecule has 1 aliphatic rings. The van der Waals surface area contributed by atoms with E-state index >= 15 is 0 Å². The molecule has 1 saturated heterocycles. The predicted molar refractivity (Wildman–Crippen MR) is 77.7 cm³/mol. The van der Waals surface area contributed by atoms with Gasteiger partial charge in [-0.25, -0.2) is 0 Å². The summed E-state index contributed by atoms with van der Waals surface area (Å²) in [6.45, 7) is 10.4. The Labute approximate surface area is 114 Å². The first-order chi connectivity index (χ1) is 8.47. The standard InChI is InChI=1S/C13H21ClN4/c1-13(2,3)17-12-10(14)8-16-9-11(12)18-6-4-15-5-7-18/h8-9,15H,4-7H2,1-3H3,(H,16,17). The van der Waals surface area contributed by atoms with Crippen LogP contribution in [0.2, 0.25) is 5.02 Å². The molecular formula is C13H21ClN4. The van der Waals surface area contributed by atoms with Gasteiger partial charge in [0.25, 0.3) is 0 Å². The van der Waals surface area contributed by atoms with Crippen molar-refractivity contribution in [2.45, 2.75) is 26.3 Å². The van der Waals surface area contributed by atoms with Crippen LogP contribution in [0.15, 0.2) is 12.4 Å². The molecule has 2 heterocycles. The van der Waals surface area contributed by atoms with Gasteiger partial charge in [0.2, 0.25) is 0 Å². The molecule has 0 aliphatic carbocycles. The Morgan fingerprint density at radius 2 is 1.94 bits per heavy atom. The second kappa shape index (κ2) is 5.33. The SMILES string of the molecule is CC(C)(C)Nc1c(Cl)cncc1N1CCNCC1. The van der Waals surface area contributed by atoms with Gasteiger partial charge in [0.1, 0.15) is 0 Å². The summed E-state index contributed by atoms with van der Waals surface area (Å²) in [6, 6.07) is 0. The third-order valence-electron chi connectivity index (χ3n) is 2.84. The van der Waals surface area contributed by atoms with Crippen LogP contribution in [-0.4, -0.2) is 36.7 Å². The van der Waals surface area contributed by atoms with Crippen LogP contribution in [0.25, 0.3) is 0 Å². The third-order valence-corrected chi connectivity index (χ3v) is 3.12. The Balaban J connectivity index is 2.30. The molecule has 1 aromatic heterocycles. The van der Waals surface area contributed by atoms with Gasteiger partial charge in [-0.15, -0.1) is 0 Å². The van der Waals surface area contributed by atoms with Gasteiger partial charge in [0, 0.05) is 37.9 Å². The van der Waals surface area contributed by atoms with Crippen LogP contribution in [0.5, 0.6) is 0 Å². The zero-order valence-electron chi connectivity index (χ0n) is 11.3. The number of hydrogen-bond donors (Lipinski definition) is 2. The van der Waals surface area contributed by atoms with E-state index in [4.69, 9.17) is 11.6 Å². The minimum Gasteiger partial charge on any atom is -0.377 e. The number of anilines is 2. The van der Waals surface area contributed by atoms with Crippen LogP contribution in [-0.2, 0) is 0 Å². The highest BCUT2D eigenvalue weighted by Crippen LogP contribution is 2.34. The lowest BCUT2D eigenvalue weighted by Gasteiger charge is -2.33. The van der Waals surface area contributed by atoms with E-state index in [-0.39, 0.29) is 5.54 Å². The molecule has 2 N–H and O–H groups in total. The van der Waals surface area contributed by atoms with E-state index in [0.29, 0.717) is 5.02 Å². The van der Waals surface area contributed by atoms with Gasteiger partial charge in [-0.1, -0.05) is 11.6 Å². The minimum absolute atomic E-state index is 0.0201. The molecule has 0 saturated carbocycles. The highest BCUT2D eigenvalue weighted by molar-refractivity contribution is 6.33. The largest absolute Gasteiger partial charge is 0.377 e. The fraction of sp³-hybridized carbons (Fsp3) is 0.615. The van der Waals surface area contributed by atoms with Gasteiger partial charge in [0.05, 0.1) is 22.6 Å². The fourth-order valence-corrected chi connectivity index (χ4v) is 2.27. The lowest BCUT2D eigenvalue weighted by Crippen LogP contribution is -2.44. The normalized spacial score (nSPS) is 16.8. The number of hydrogen-bond acceptors (Lipinski definition) is 4. The Morgan fingerprint density at radius 1 is 1.28 bits per heavy atom. The molecular weight excluding hydrogens is 248 g/mol. The molecule has 0 spiro atoms. The van der Waals surface area contributed by atoms with Crippen molar-refractivity contribution in [2.75, 3.05) is 36.4 Å². The molecule has 0 amide bonds. The number of halogens is 1. The molecule has 1 aromatic rings. The van der Waals surface area contributed by atoms with Gasteiger partial charge in [-0.05, 0) is 20.8 Å². The highest BCUT2D eigenvalue weighted by atomic mass is 35.5. The molecule has 0 atom stereocenters. The zero-order valence-corrected chi connectivity index (χ0v) is 12.0. The number of nitrogens with zero attached hydrogens (tertiary/aromatic N) is 2. The topological polar surface area (TPSA) is 40.2 Å². The fourth-order valence-electron chi connectivity index (χ4n) is 2.07. The predicted octanol–water partition coefficient (Wildman–Crippen LogP) is 2.35. The third kappa shape index (κ3) is 3.27. The summed E-state index contributed by atoms with van der Waals surface area (Å²) in [7, 11) is 0. The van der Waals surface area contributed by atoms with Crippen molar-refractivity contribution in [1.29, 1.82) is 0 Å². The van der Waals surface area contributed by atoms with Crippen LogP contribution >= 0.6 is 11.6 Å². The molecule has 0 unspecified atom stereocenters. The van der Waals surface area contributed by atoms with Gasteiger partial charge >= 0.3 is 0 Å². The van der Waals surface area contributed by atoms with Crippen LogP contribution in [0.4, 0.5) is 11.4 Å². The summed E-state index contributed by atoms with van der Waals surface area (Å²) < 4.78 is 0. The molecule has 1 aliphatic heterocycles. The molecule has 4 nitrogen and oxygen atoms in total. The van der Waals surface area contributed by atoms with E-state index in [9.17, 15) is 0 Å². The van der Waals surface area contributed by atoms with Crippen LogP contribution in [0.3, 0.4) is 0 Å². The first-order valence-electron chi connectivity index (χ1n) is 6.35. The van der Waals surface area contributed by atoms with E-state index in [2.05, 4.69) is 41.3 Å². The second-order valence-corrected chi connectivity index (χ2v) is 6.03. The van der Waals surface area contributed by atoms with Crippen LogP contribution in [0, 0.1) is 0 Å². The van der Waals surface area contributed by atoms with E-state index in [1.165, 1.54) is 0 Å². The zero-order chi connectivity index (χ0) is 13.2. The Bertz CT molecular complexity index is 408. The van der Waals surface area contributed by atoms with Crippen molar-refractivity contribution in [3.05, 3.63) is 17.4 Å². The van der Waals surface area contributed by atoms with Crippen molar-refractivity contribution >= 4 is 23.0 Å². The molecule has 1 fully saturated rings. The molecule has 100 valence electrons. The average molecular weight is 269 g/mol. The van der Waals surface area contributed by atoms with Crippen LogP contribution < -0.4 is 15.5 Å². The van der Waals surface area contributed by atoms with Crippen molar-refractivity contribution in [2.24, 2.45) is 0 Å². The van der Waals surface area contributed by atoms with Gasteiger partial charge in [0.15, 0.2) is 0 Å². The molecule has 0 bridgehead atoms. The Morgan fingerprint density at radius 3 is 2.56 bits per heavy atom. The number of rotatable bonds is 2. The summed E-state index contributed by atoms with van der Waals surface area (Å²) in [4.78, 5) is 6.54. The Kier molecular flexibility index (Phi) is 3.97. The van der Waals surface area contributed by atoms with Crippen molar-refractivity contribution in [3.63, 3.8) is 0 Å². The maximum Gasteiger partial charge on any atom is 0.0842 e. The maximum atomic E-state index is 6.29. The smallest absolute Gasteiger partial charge is 0.0842 e. The van der Waals surface area contributed by atoms with Crippen LogP contribution in [0.1, 0.15) is 20.8 Å². The molecule has 5 heteroatoms. The second-order valence-electron chi connectivity index (χ2n) is 5.63. The lowest BCUT2D eigenvalue weighted by molar-refractivity contribution is 0.587. The molecule has 2 rings (SSSR count). The summed E-state index contributed by atoms with van der Waals surface area (Å²) in [6.07, 6.45) is 3.59. The first-order valence-corrected chi connectivity index (χ1v) is 6.72. The lowest BCUT2D eigenvalue weighted by atomic mass is 10.1. The van der Waals surface area contributed by atoms with E-state index in [1.54, 1.807) is 6.20 Å². The molecule has 0 aromatic carbocycles. The summed E-state index contributed by atoms with van der Waals surface area (Å²) in [5, 5.41) is 7.51. The maximum absolute atomic E-state index is 6.29. The van der Waals surface area contributed by atoms with E-state index in [0.717, 1.165) is 37.6 Å². The van der Waals surface area contributed by atoms with Gasteiger partial charge < -0.3 is 15.5 Å². The van der Waals surface area contributed by atoms with Gasteiger partial charge in [-0.2, -0.15) is 0 Å². The number of piperazine rings is 1. The first kappa shape index (κ1) is 13.4. The quantitative estimate of drug-likeness (QED) is 0.864. The van der Waals surface area contributed by atoms with Gasteiger partial charge in [-0.3, -0.25) is 4.98 Å². The van der Waals surface area contributed by atoms with Crippen molar-refractivity contribution in [3.8, 4) is 0 Å². The number of aromatic nitrogens is 1. The number of nitrogens with one attached hydrogen (secondary N) is 2. The number of pyridine rings is 1. The minimum atomic E-state index is -0.0201. The average Bonchev–Trinajstić information content (AvgIpc) is 2.31. The summed E-state index contributed by atoms with van der Waals surface area (Å²) in [5.74, 6) is 0. The molecule has 0 radical (unpaired) electrons. The summed E-state index contributed by atoms with van der Waals surface area (Å²) in [5.41, 5.74) is 2.06.